The van der Waals surface area contributed by atoms with Crippen LogP contribution in [0.2, 0.25) is 5.02 Å². The van der Waals surface area contributed by atoms with Gasteiger partial charge in [0.15, 0.2) is 6.61 Å². The number of hydrazine groups is 1. The van der Waals surface area contributed by atoms with Crippen molar-refractivity contribution in [3.05, 3.63) is 63.1 Å². The van der Waals surface area contributed by atoms with Gasteiger partial charge in [-0.05, 0) is 36.8 Å². The highest BCUT2D eigenvalue weighted by atomic mass is 79.9. The number of ether oxygens (including phenoxy) is 1. The smallest absolute Gasteiger partial charge is 0.311 e. The molecule has 0 radical (unpaired) electrons. The summed E-state index contributed by atoms with van der Waals surface area (Å²) < 4.78 is 5.79. The van der Waals surface area contributed by atoms with Crippen LogP contribution in [-0.4, -0.2) is 41.9 Å². The molecule has 31 heavy (non-hydrogen) atoms. The van der Waals surface area contributed by atoms with Crippen molar-refractivity contribution in [2.24, 2.45) is 5.92 Å². The summed E-state index contributed by atoms with van der Waals surface area (Å²) >= 11 is 9.30. The van der Waals surface area contributed by atoms with Gasteiger partial charge in [-0.1, -0.05) is 45.7 Å². The first-order valence-electron chi connectivity index (χ1n) is 9.33. The molecule has 2 aromatic carbocycles. The molecular formula is C21H19BrClN3O5. The molecule has 2 aromatic rings. The summed E-state index contributed by atoms with van der Waals surface area (Å²) in [7, 11) is 0. The zero-order valence-corrected chi connectivity index (χ0v) is 18.8. The Balaban J connectivity index is 1.50. The van der Waals surface area contributed by atoms with Crippen LogP contribution in [0.3, 0.4) is 0 Å². The molecule has 162 valence electrons. The number of benzene rings is 2. The van der Waals surface area contributed by atoms with E-state index < -0.39 is 36.2 Å². The average Bonchev–Trinajstić information content (AvgIpc) is 3.09. The molecule has 10 heteroatoms. The van der Waals surface area contributed by atoms with Crippen molar-refractivity contribution in [1.29, 1.82) is 0 Å². The van der Waals surface area contributed by atoms with Crippen LogP contribution in [0.25, 0.3) is 0 Å². The van der Waals surface area contributed by atoms with Crippen LogP contribution >= 0.6 is 27.5 Å². The molecule has 0 spiro atoms. The van der Waals surface area contributed by atoms with E-state index in [1.807, 2.05) is 0 Å². The molecule has 1 aliphatic rings. The summed E-state index contributed by atoms with van der Waals surface area (Å²) in [6.07, 6.45) is -0.118. The maximum Gasteiger partial charge on any atom is 0.311 e. The first-order chi connectivity index (χ1) is 14.7. The van der Waals surface area contributed by atoms with Crippen LogP contribution in [0, 0.1) is 12.8 Å². The van der Waals surface area contributed by atoms with E-state index in [9.17, 15) is 19.2 Å². The summed E-state index contributed by atoms with van der Waals surface area (Å²) in [5, 5.41) is 3.98. The van der Waals surface area contributed by atoms with Gasteiger partial charge in [-0.2, -0.15) is 0 Å². The predicted molar refractivity (Wildman–Crippen MR) is 117 cm³/mol. The van der Waals surface area contributed by atoms with Crippen LogP contribution in [0.5, 0.6) is 0 Å². The molecule has 0 aromatic heterocycles. The van der Waals surface area contributed by atoms with Gasteiger partial charge in [0.1, 0.15) is 0 Å². The number of aryl methyl sites for hydroxylation is 1. The topological polar surface area (TPSA) is 105 Å². The number of nitrogens with one attached hydrogen (secondary N) is 2. The standard InChI is InChI=1S/C21H19BrClN3O5/c1-12-4-2-3-5-15(12)20(29)25-26-10-13(8-19(26)28)21(30)31-11-18(27)24-17-7-6-14(22)9-16(17)23/h2-7,9,13H,8,10-11H2,1H3,(H,24,27)(H,25,29)/t13-/m0/s1. The first-order valence-corrected chi connectivity index (χ1v) is 10.5. The number of nitrogens with zero attached hydrogens (tertiary/aromatic N) is 1. The number of rotatable bonds is 6. The van der Waals surface area contributed by atoms with Crippen LogP contribution in [0.1, 0.15) is 22.3 Å². The summed E-state index contributed by atoms with van der Waals surface area (Å²) in [6, 6.07) is 11.9. The number of hydrogen-bond acceptors (Lipinski definition) is 5. The quantitative estimate of drug-likeness (QED) is 0.584. The van der Waals surface area contributed by atoms with E-state index >= 15 is 0 Å². The van der Waals surface area contributed by atoms with Gasteiger partial charge in [-0.3, -0.25) is 29.6 Å². The van der Waals surface area contributed by atoms with Gasteiger partial charge < -0.3 is 10.1 Å². The van der Waals surface area contributed by atoms with Crippen molar-refractivity contribution in [3.63, 3.8) is 0 Å². The van der Waals surface area contributed by atoms with Crippen molar-refractivity contribution < 1.29 is 23.9 Å². The Hall–Kier alpha value is -2.91. The van der Waals surface area contributed by atoms with E-state index in [1.54, 1.807) is 49.4 Å². The number of hydrogen-bond donors (Lipinski definition) is 2. The van der Waals surface area contributed by atoms with Gasteiger partial charge in [0.2, 0.25) is 5.91 Å². The molecule has 3 rings (SSSR count). The molecule has 0 aliphatic carbocycles. The highest BCUT2D eigenvalue weighted by Crippen LogP contribution is 2.25. The molecule has 8 nitrogen and oxygen atoms in total. The number of esters is 1. The maximum atomic E-state index is 12.4. The van der Waals surface area contributed by atoms with Gasteiger partial charge in [0, 0.05) is 16.5 Å². The van der Waals surface area contributed by atoms with E-state index in [4.69, 9.17) is 16.3 Å². The predicted octanol–water partition coefficient (Wildman–Crippen LogP) is 3.09. The monoisotopic (exact) mass is 507 g/mol. The fourth-order valence-corrected chi connectivity index (χ4v) is 3.74. The molecule has 2 N–H and O–H groups in total. The Morgan fingerprint density at radius 2 is 1.97 bits per heavy atom. The molecule has 3 amide bonds. The van der Waals surface area contributed by atoms with E-state index in [2.05, 4.69) is 26.7 Å². The molecular weight excluding hydrogens is 490 g/mol. The third-order valence-electron chi connectivity index (χ3n) is 4.64. The van der Waals surface area contributed by atoms with Gasteiger partial charge in [-0.15, -0.1) is 0 Å². The van der Waals surface area contributed by atoms with Crippen LogP contribution in [0.15, 0.2) is 46.9 Å². The summed E-state index contributed by atoms with van der Waals surface area (Å²) in [5.74, 6) is -2.89. The number of carbonyl (C=O) groups is 4. The number of amides is 3. The van der Waals surface area contributed by atoms with Crippen molar-refractivity contribution in [1.82, 2.24) is 10.4 Å². The highest BCUT2D eigenvalue weighted by molar-refractivity contribution is 9.10. The Labute approximate surface area is 192 Å². The van der Waals surface area contributed by atoms with E-state index in [0.717, 1.165) is 15.0 Å². The minimum absolute atomic E-state index is 0.0323. The highest BCUT2D eigenvalue weighted by Gasteiger charge is 2.36. The molecule has 1 atom stereocenters. The fourth-order valence-electron chi connectivity index (χ4n) is 3.02. The largest absolute Gasteiger partial charge is 0.455 e. The average molecular weight is 509 g/mol. The maximum absolute atomic E-state index is 12.4. The third kappa shape index (κ3) is 5.83. The fraction of sp³-hybridized carbons (Fsp3) is 0.238. The Bertz CT molecular complexity index is 1050. The zero-order valence-electron chi connectivity index (χ0n) is 16.5. The Kier molecular flexibility index (Phi) is 7.29. The second-order valence-corrected chi connectivity index (χ2v) is 8.26. The first kappa shape index (κ1) is 22.8. The third-order valence-corrected chi connectivity index (χ3v) is 5.44. The normalized spacial score (nSPS) is 15.5. The van der Waals surface area contributed by atoms with Crippen LogP contribution in [-0.2, 0) is 19.1 Å². The lowest BCUT2D eigenvalue weighted by molar-refractivity contribution is -0.151. The van der Waals surface area contributed by atoms with Gasteiger partial charge in [0.05, 0.1) is 23.2 Å². The summed E-state index contributed by atoms with van der Waals surface area (Å²) in [5.41, 5.74) is 4.10. The lowest BCUT2D eigenvalue weighted by Gasteiger charge is -2.18. The van der Waals surface area contributed by atoms with Gasteiger partial charge in [0.25, 0.3) is 11.8 Å². The lowest BCUT2D eigenvalue weighted by Crippen LogP contribution is -2.43. The van der Waals surface area contributed by atoms with E-state index in [-0.39, 0.29) is 13.0 Å². The second-order valence-electron chi connectivity index (χ2n) is 6.94. The minimum Gasteiger partial charge on any atom is -0.455 e. The van der Waals surface area contributed by atoms with E-state index in [1.165, 1.54) is 0 Å². The van der Waals surface area contributed by atoms with Gasteiger partial charge in [-0.25, -0.2) is 0 Å². The molecule has 0 saturated carbocycles. The molecule has 1 aliphatic heterocycles. The molecule has 1 fully saturated rings. The molecule has 0 unspecified atom stereocenters. The zero-order chi connectivity index (χ0) is 22.5. The van der Waals surface area contributed by atoms with Gasteiger partial charge >= 0.3 is 5.97 Å². The van der Waals surface area contributed by atoms with E-state index in [0.29, 0.717) is 16.3 Å². The van der Waals surface area contributed by atoms with Crippen LogP contribution < -0.4 is 10.7 Å². The van der Waals surface area contributed by atoms with Crippen molar-refractivity contribution in [3.8, 4) is 0 Å². The molecule has 1 saturated heterocycles. The Morgan fingerprint density at radius 3 is 2.68 bits per heavy atom. The van der Waals surface area contributed by atoms with Crippen molar-refractivity contribution >= 4 is 56.9 Å². The van der Waals surface area contributed by atoms with Crippen LogP contribution in [0.4, 0.5) is 5.69 Å². The lowest BCUT2D eigenvalue weighted by atomic mass is 10.1. The number of halogens is 2. The SMILES string of the molecule is Cc1ccccc1C(=O)NN1C[C@@H](C(=O)OCC(=O)Nc2ccc(Br)cc2Cl)CC1=O. The molecule has 0 bridgehead atoms. The minimum atomic E-state index is -0.784. The summed E-state index contributed by atoms with van der Waals surface area (Å²) in [6.45, 7) is 1.23. The van der Waals surface area contributed by atoms with Crippen molar-refractivity contribution in [2.75, 3.05) is 18.5 Å². The number of anilines is 1. The second kappa shape index (κ2) is 9.93. The van der Waals surface area contributed by atoms with Crippen molar-refractivity contribution in [2.45, 2.75) is 13.3 Å². The molecule has 1 heterocycles. The number of carbonyl (C=O) groups excluding carboxylic acids is 4. The Morgan fingerprint density at radius 1 is 1.23 bits per heavy atom. The summed E-state index contributed by atoms with van der Waals surface area (Å²) in [4.78, 5) is 48.9.